The molecule has 6 nitrogen and oxygen atoms in total. The summed E-state index contributed by atoms with van der Waals surface area (Å²) in [5, 5.41) is 12.2. The van der Waals surface area contributed by atoms with Crippen molar-refractivity contribution in [1.82, 2.24) is 4.98 Å². The fourth-order valence-electron chi connectivity index (χ4n) is 0.871. The van der Waals surface area contributed by atoms with Gasteiger partial charge in [-0.3, -0.25) is 5.43 Å². The maximum atomic E-state index is 11.8. The van der Waals surface area contributed by atoms with Crippen molar-refractivity contribution in [3.8, 4) is 5.88 Å². The molecule has 1 aromatic heterocycles. The number of ether oxygens (including phenoxy) is 1. The summed E-state index contributed by atoms with van der Waals surface area (Å²) in [5.74, 6) is -0.805. The van der Waals surface area contributed by atoms with Crippen molar-refractivity contribution in [3.05, 3.63) is 18.3 Å². The lowest BCUT2D eigenvalue weighted by molar-refractivity contribution is -0.129. The Hall–Kier alpha value is -2.18. The minimum Gasteiger partial charge on any atom is -0.477 e. The van der Waals surface area contributed by atoms with E-state index in [0.717, 1.165) is 0 Å². The quantitative estimate of drug-likeness (QED) is 0.579. The number of nitrogens with one attached hydrogen (secondary N) is 1. The molecule has 0 amide bonds. The van der Waals surface area contributed by atoms with Crippen LogP contribution in [-0.2, 0) is 4.79 Å². The second-order valence-electron chi connectivity index (χ2n) is 3.04. The molecule has 0 bridgehead atoms. The predicted molar refractivity (Wildman–Crippen MR) is 60.1 cm³/mol. The normalized spacial score (nSPS) is 11.1. The lowest BCUT2D eigenvalue weighted by atomic mass is 10.4. The molecule has 0 aliphatic heterocycles. The SMILES string of the molecule is C/C(=N/Nc1ccc(OCCF)nc1)C(=O)O. The Morgan fingerprint density at radius 1 is 1.65 bits per heavy atom. The summed E-state index contributed by atoms with van der Waals surface area (Å²) in [5.41, 5.74) is 2.97. The minimum absolute atomic E-state index is 0.0456. The Labute approximate surface area is 97.1 Å². The summed E-state index contributed by atoms with van der Waals surface area (Å²) in [4.78, 5) is 14.3. The number of hydrazone groups is 1. The van der Waals surface area contributed by atoms with Crippen molar-refractivity contribution in [2.75, 3.05) is 18.7 Å². The summed E-state index contributed by atoms with van der Waals surface area (Å²) in [6.45, 7) is 0.737. The van der Waals surface area contributed by atoms with E-state index in [9.17, 15) is 9.18 Å². The zero-order valence-electron chi connectivity index (χ0n) is 9.18. The van der Waals surface area contributed by atoms with Crippen LogP contribution in [0.4, 0.5) is 10.1 Å². The summed E-state index contributed by atoms with van der Waals surface area (Å²) < 4.78 is 16.7. The number of rotatable bonds is 6. The molecule has 1 rings (SSSR count). The number of anilines is 1. The molecule has 2 N–H and O–H groups in total. The summed E-state index contributed by atoms with van der Waals surface area (Å²) in [6, 6.07) is 3.13. The lowest BCUT2D eigenvalue weighted by Gasteiger charge is -2.04. The summed E-state index contributed by atoms with van der Waals surface area (Å²) >= 11 is 0. The molecular formula is C10H12FN3O3. The van der Waals surface area contributed by atoms with E-state index in [1.54, 1.807) is 6.07 Å². The minimum atomic E-state index is -1.10. The Kier molecular flexibility index (Phi) is 4.86. The molecule has 0 spiro atoms. The van der Waals surface area contributed by atoms with Gasteiger partial charge in [-0.25, -0.2) is 14.2 Å². The largest absolute Gasteiger partial charge is 0.477 e. The Morgan fingerprint density at radius 3 is 2.94 bits per heavy atom. The number of hydrogen-bond donors (Lipinski definition) is 2. The molecule has 0 atom stereocenters. The van der Waals surface area contributed by atoms with Crippen LogP contribution in [0.3, 0.4) is 0 Å². The van der Waals surface area contributed by atoms with Crippen LogP contribution in [0, 0.1) is 0 Å². The lowest BCUT2D eigenvalue weighted by Crippen LogP contribution is -2.10. The molecule has 17 heavy (non-hydrogen) atoms. The van der Waals surface area contributed by atoms with Gasteiger partial charge in [0.05, 0.1) is 11.9 Å². The van der Waals surface area contributed by atoms with E-state index in [-0.39, 0.29) is 12.3 Å². The third-order valence-corrected chi connectivity index (χ3v) is 1.73. The monoisotopic (exact) mass is 241 g/mol. The molecule has 0 unspecified atom stereocenters. The highest BCUT2D eigenvalue weighted by Gasteiger charge is 2.01. The molecule has 0 aliphatic rings. The van der Waals surface area contributed by atoms with Crippen molar-refractivity contribution in [2.45, 2.75) is 6.92 Å². The van der Waals surface area contributed by atoms with Gasteiger partial charge in [0.2, 0.25) is 5.88 Å². The molecule has 0 saturated carbocycles. The third-order valence-electron chi connectivity index (χ3n) is 1.73. The molecule has 0 saturated heterocycles. The second kappa shape index (κ2) is 6.41. The number of carbonyl (C=O) groups is 1. The van der Waals surface area contributed by atoms with E-state index < -0.39 is 12.6 Å². The van der Waals surface area contributed by atoms with E-state index in [4.69, 9.17) is 9.84 Å². The number of aromatic nitrogens is 1. The van der Waals surface area contributed by atoms with Gasteiger partial charge in [-0.2, -0.15) is 5.10 Å². The van der Waals surface area contributed by atoms with Crippen molar-refractivity contribution >= 4 is 17.4 Å². The van der Waals surface area contributed by atoms with E-state index in [1.807, 2.05) is 0 Å². The molecular weight excluding hydrogens is 229 g/mol. The van der Waals surface area contributed by atoms with Crippen molar-refractivity contribution in [2.24, 2.45) is 5.10 Å². The highest BCUT2D eigenvalue weighted by molar-refractivity contribution is 6.34. The predicted octanol–water partition coefficient (Wildman–Crippen LogP) is 1.30. The average Bonchev–Trinajstić information content (AvgIpc) is 2.34. The first-order valence-electron chi connectivity index (χ1n) is 4.82. The zero-order valence-corrected chi connectivity index (χ0v) is 9.18. The van der Waals surface area contributed by atoms with Crippen LogP contribution in [0.5, 0.6) is 5.88 Å². The Morgan fingerprint density at radius 2 is 2.41 bits per heavy atom. The number of nitrogens with zero attached hydrogens (tertiary/aromatic N) is 2. The molecule has 0 radical (unpaired) electrons. The Bertz CT molecular complexity index is 406. The van der Waals surface area contributed by atoms with Gasteiger partial charge in [0.25, 0.3) is 0 Å². The first-order valence-corrected chi connectivity index (χ1v) is 4.82. The highest BCUT2D eigenvalue weighted by Crippen LogP contribution is 2.11. The van der Waals surface area contributed by atoms with Crippen molar-refractivity contribution in [1.29, 1.82) is 0 Å². The molecule has 1 aromatic rings. The maximum absolute atomic E-state index is 11.8. The van der Waals surface area contributed by atoms with Gasteiger partial charge in [-0.05, 0) is 13.0 Å². The van der Waals surface area contributed by atoms with Crippen molar-refractivity contribution in [3.63, 3.8) is 0 Å². The van der Waals surface area contributed by atoms with Crippen LogP contribution >= 0.6 is 0 Å². The first-order chi connectivity index (χ1) is 8.13. The standard InChI is InChI=1S/C10H12FN3O3/c1-7(10(15)16)13-14-8-2-3-9(12-6-8)17-5-4-11/h2-3,6,14H,4-5H2,1H3,(H,15,16)/b13-7-. The third kappa shape index (κ3) is 4.45. The van der Waals surface area contributed by atoms with E-state index in [1.165, 1.54) is 19.2 Å². The summed E-state index contributed by atoms with van der Waals surface area (Å²) in [7, 11) is 0. The molecule has 7 heteroatoms. The fourth-order valence-corrected chi connectivity index (χ4v) is 0.871. The van der Waals surface area contributed by atoms with Crippen LogP contribution < -0.4 is 10.2 Å². The number of pyridine rings is 1. The second-order valence-corrected chi connectivity index (χ2v) is 3.04. The highest BCUT2D eigenvalue weighted by atomic mass is 19.1. The van der Waals surface area contributed by atoms with Gasteiger partial charge in [0, 0.05) is 6.07 Å². The Balaban J connectivity index is 2.56. The van der Waals surface area contributed by atoms with Crippen LogP contribution in [0.15, 0.2) is 23.4 Å². The van der Waals surface area contributed by atoms with Gasteiger partial charge in [-0.1, -0.05) is 0 Å². The van der Waals surface area contributed by atoms with Crippen LogP contribution in [0.1, 0.15) is 6.92 Å². The van der Waals surface area contributed by atoms with E-state index in [2.05, 4.69) is 15.5 Å². The van der Waals surface area contributed by atoms with Gasteiger partial charge in [0.15, 0.2) is 0 Å². The van der Waals surface area contributed by atoms with Gasteiger partial charge >= 0.3 is 5.97 Å². The van der Waals surface area contributed by atoms with Crippen LogP contribution in [0.2, 0.25) is 0 Å². The number of aliphatic carboxylic acids is 1. The topological polar surface area (TPSA) is 83.8 Å². The van der Waals surface area contributed by atoms with Crippen LogP contribution in [0.25, 0.3) is 0 Å². The fraction of sp³-hybridized carbons (Fsp3) is 0.300. The molecule has 0 fully saturated rings. The van der Waals surface area contributed by atoms with Crippen LogP contribution in [-0.4, -0.2) is 35.1 Å². The smallest absolute Gasteiger partial charge is 0.351 e. The zero-order chi connectivity index (χ0) is 12.7. The van der Waals surface area contributed by atoms with Crippen molar-refractivity contribution < 1.29 is 19.0 Å². The number of carboxylic acids is 1. The first kappa shape index (κ1) is 12.9. The maximum Gasteiger partial charge on any atom is 0.351 e. The molecule has 0 aromatic carbocycles. The number of hydrogen-bond acceptors (Lipinski definition) is 5. The number of alkyl halides is 1. The number of halogens is 1. The molecule has 92 valence electrons. The number of carboxylic acid groups (broad SMARTS) is 1. The molecule has 1 heterocycles. The van der Waals surface area contributed by atoms with Gasteiger partial charge in [0.1, 0.15) is 19.0 Å². The van der Waals surface area contributed by atoms with E-state index in [0.29, 0.717) is 11.6 Å². The van der Waals surface area contributed by atoms with E-state index >= 15 is 0 Å². The van der Waals surface area contributed by atoms with Gasteiger partial charge < -0.3 is 9.84 Å². The molecule has 0 aliphatic carbocycles. The average molecular weight is 241 g/mol. The summed E-state index contributed by atoms with van der Waals surface area (Å²) in [6.07, 6.45) is 1.41. The van der Waals surface area contributed by atoms with Gasteiger partial charge in [-0.15, -0.1) is 0 Å².